The highest BCUT2D eigenvalue weighted by Crippen LogP contribution is 2.23. The summed E-state index contributed by atoms with van der Waals surface area (Å²) in [6.45, 7) is 12.4. The molecule has 0 radical (unpaired) electrons. The molecule has 0 N–H and O–H groups in total. The van der Waals surface area contributed by atoms with E-state index < -0.39 is 0 Å². The van der Waals surface area contributed by atoms with Gasteiger partial charge in [0.15, 0.2) is 0 Å². The zero-order valence-corrected chi connectivity index (χ0v) is 16.0. The Balaban J connectivity index is 1.72. The third-order valence-corrected chi connectivity index (χ3v) is 5.29. The van der Waals surface area contributed by atoms with Crippen molar-refractivity contribution in [2.45, 2.75) is 80.1 Å². The van der Waals surface area contributed by atoms with Gasteiger partial charge in [-0.2, -0.15) is 0 Å². The summed E-state index contributed by atoms with van der Waals surface area (Å²) in [4.78, 5) is 12.1. The van der Waals surface area contributed by atoms with Crippen LogP contribution in [0.2, 0.25) is 0 Å². The van der Waals surface area contributed by atoms with Crippen LogP contribution in [-0.2, 0) is 17.6 Å². The number of carbonyl (C=O) groups excluding carboxylic acids is 1. The van der Waals surface area contributed by atoms with Crippen LogP contribution in [0.3, 0.4) is 0 Å². The molecule has 0 spiro atoms. The Labute approximate surface area is 145 Å². The maximum atomic E-state index is 12.1. The quantitative estimate of drug-likeness (QED) is 0.629. The second-order valence-electron chi connectivity index (χ2n) is 6.91. The lowest BCUT2D eigenvalue weighted by molar-refractivity contribution is -0.119. The lowest BCUT2D eigenvalue weighted by atomic mass is 10.0. The second-order valence-corrected chi connectivity index (χ2v) is 6.91. The van der Waals surface area contributed by atoms with Gasteiger partial charge in [0, 0.05) is 25.7 Å². The molecule has 2 aromatic heterocycles. The second kappa shape index (κ2) is 7.87. The Kier molecular flexibility index (Phi) is 6.09. The third kappa shape index (κ3) is 4.19. The van der Waals surface area contributed by atoms with Crippen molar-refractivity contribution in [2.75, 3.05) is 0 Å². The molecule has 0 unspecified atom stereocenters. The number of hydrogen-bond donors (Lipinski definition) is 0. The molecule has 0 bridgehead atoms. The molecular formula is C21H30O3. The van der Waals surface area contributed by atoms with Crippen molar-refractivity contribution < 1.29 is 13.6 Å². The summed E-state index contributed by atoms with van der Waals surface area (Å²) in [5, 5.41) is 0. The van der Waals surface area contributed by atoms with Gasteiger partial charge in [0.1, 0.15) is 28.8 Å². The minimum absolute atomic E-state index is 0.338. The Hall–Kier alpha value is -1.77. The van der Waals surface area contributed by atoms with Crippen LogP contribution in [0.5, 0.6) is 0 Å². The SMILES string of the molecule is Cc1oc(CCCC(=O)CCCc2oc(C)c(C)c2C)c(C)c1C. The van der Waals surface area contributed by atoms with Gasteiger partial charge in [-0.3, -0.25) is 4.79 Å². The van der Waals surface area contributed by atoms with Crippen molar-refractivity contribution in [2.24, 2.45) is 0 Å². The van der Waals surface area contributed by atoms with Crippen LogP contribution in [0.25, 0.3) is 0 Å². The fourth-order valence-corrected chi connectivity index (χ4v) is 3.12. The highest BCUT2D eigenvalue weighted by molar-refractivity contribution is 5.78. The summed E-state index contributed by atoms with van der Waals surface area (Å²) in [5.41, 5.74) is 4.93. The van der Waals surface area contributed by atoms with E-state index in [9.17, 15) is 4.79 Å². The van der Waals surface area contributed by atoms with Gasteiger partial charge in [0.25, 0.3) is 0 Å². The van der Waals surface area contributed by atoms with Crippen molar-refractivity contribution >= 4 is 5.78 Å². The minimum Gasteiger partial charge on any atom is -0.466 e. The predicted molar refractivity (Wildman–Crippen MR) is 96.7 cm³/mol. The molecule has 0 fully saturated rings. The number of rotatable bonds is 8. The Morgan fingerprint density at radius 1 is 0.667 bits per heavy atom. The largest absolute Gasteiger partial charge is 0.466 e. The number of furan rings is 2. The van der Waals surface area contributed by atoms with Crippen LogP contribution in [0.1, 0.15) is 71.0 Å². The van der Waals surface area contributed by atoms with Gasteiger partial charge in [-0.1, -0.05) is 0 Å². The summed E-state index contributed by atoms with van der Waals surface area (Å²) in [6, 6.07) is 0. The molecular weight excluding hydrogens is 300 g/mol. The van der Waals surface area contributed by atoms with Crippen LogP contribution in [0, 0.1) is 41.5 Å². The molecule has 0 amide bonds. The number of hydrogen-bond acceptors (Lipinski definition) is 3. The fraction of sp³-hybridized carbons (Fsp3) is 0.571. The highest BCUT2D eigenvalue weighted by atomic mass is 16.3. The normalized spacial score (nSPS) is 11.2. The Morgan fingerprint density at radius 2 is 1.04 bits per heavy atom. The average molecular weight is 330 g/mol. The molecule has 0 aliphatic rings. The van der Waals surface area contributed by atoms with Crippen molar-refractivity contribution in [1.82, 2.24) is 0 Å². The highest BCUT2D eigenvalue weighted by Gasteiger charge is 2.13. The molecule has 0 aliphatic carbocycles. The first kappa shape index (κ1) is 18.6. The zero-order valence-electron chi connectivity index (χ0n) is 16.0. The van der Waals surface area contributed by atoms with E-state index in [-0.39, 0.29) is 0 Å². The third-order valence-electron chi connectivity index (χ3n) is 5.29. The fourth-order valence-electron chi connectivity index (χ4n) is 3.12. The maximum Gasteiger partial charge on any atom is 0.132 e. The van der Waals surface area contributed by atoms with Gasteiger partial charge in [-0.05, 0) is 76.6 Å². The molecule has 0 aromatic carbocycles. The van der Waals surface area contributed by atoms with Crippen molar-refractivity contribution in [1.29, 1.82) is 0 Å². The van der Waals surface area contributed by atoms with E-state index >= 15 is 0 Å². The number of ketones is 1. The topological polar surface area (TPSA) is 43.4 Å². The van der Waals surface area contributed by atoms with Crippen LogP contribution >= 0.6 is 0 Å². The summed E-state index contributed by atoms with van der Waals surface area (Å²) in [5.74, 6) is 4.40. The predicted octanol–water partition coefficient (Wildman–Crippen LogP) is 5.64. The monoisotopic (exact) mass is 330 g/mol. The number of Topliss-reactive ketones (excluding diaryl/α,β-unsaturated/α-hetero) is 1. The first-order valence-electron chi connectivity index (χ1n) is 8.93. The molecule has 0 atom stereocenters. The van der Waals surface area contributed by atoms with Gasteiger partial charge in [0.05, 0.1) is 0 Å². The first-order valence-corrected chi connectivity index (χ1v) is 8.93. The molecule has 0 aliphatic heterocycles. The lowest BCUT2D eigenvalue weighted by Gasteiger charge is -2.02. The molecule has 2 aromatic rings. The van der Waals surface area contributed by atoms with Gasteiger partial charge in [-0.15, -0.1) is 0 Å². The first-order chi connectivity index (χ1) is 11.3. The van der Waals surface area contributed by atoms with E-state index in [1.165, 1.54) is 22.3 Å². The van der Waals surface area contributed by atoms with Gasteiger partial charge >= 0.3 is 0 Å². The van der Waals surface area contributed by atoms with Crippen LogP contribution in [0.4, 0.5) is 0 Å². The van der Waals surface area contributed by atoms with E-state index in [0.717, 1.165) is 48.7 Å². The maximum absolute atomic E-state index is 12.1. The summed E-state index contributed by atoms with van der Waals surface area (Å²) in [7, 11) is 0. The van der Waals surface area contributed by atoms with E-state index in [0.29, 0.717) is 18.6 Å². The smallest absolute Gasteiger partial charge is 0.132 e. The van der Waals surface area contributed by atoms with E-state index in [4.69, 9.17) is 8.83 Å². The molecule has 2 rings (SSSR count). The van der Waals surface area contributed by atoms with E-state index in [1.807, 2.05) is 13.8 Å². The van der Waals surface area contributed by atoms with E-state index in [2.05, 4.69) is 27.7 Å². The zero-order chi connectivity index (χ0) is 17.9. The molecule has 24 heavy (non-hydrogen) atoms. The molecule has 0 saturated carbocycles. The standard InChI is InChI=1S/C21H30O3/c1-13-15(3)20(23-17(13)5)11-7-9-19(22)10-8-12-21-16(4)14(2)18(6)24-21/h7-12H2,1-6H3. The molecule has 0 saturated heterocycles. The molecule has 3 heteroatoms. The Bertz CT molecular complexity index is 656. The van der Waals surface area contributed by atoms with Crippen molar-refractivity contribution in [3.05, 3.63) is 45.3 Å². The number of carbonyl (C=O) groups is 1. The van der Waals surface area contributed by atoms with Crippen LogP contribution in [-0.4, -0.2) is 5.78 Å². The summed E-state index contributed by atoms with van der Waals surface area (Å²) in [6.07, 6.45) is 4.69. The minimum atomic E-state index is 0.338. The summed E-state index contributed by atoms with van der Waals surface area (Å²) >= 11 is 0. The molecule has 132 valence electrons. The van der Waals surface area contributed by atoms with Gasteiger partial charge < -0.3 is 8.83 Å². The van der Waals surface area contributed by atoms with Crippen molar-refractivity contribution in [3.63, 3.8) is 0 Å². The molecule has 3 nitrogen and oxygen atoms in total. The summed E-state index contributed by atoms with van der Waals surface area (Å²) < 4.78 is 11.5. The Morgan fingerprint density at radius 3 is 1.33 bits per heavy atom. The average Bonchev–Trinajstić information content (AvgIpc) is 2.93. The lowest BCUT2D eigenvalue weighted by Crippen LogP contribution is -2.00. The van der Waals surface area contributed by atoms with Crippen LogP contribution < -0.4 is 0 Å². The van der Waals surface area contributed by atoms with Crippen molar-refractivity contribution in [3.8, 4) is 0 Å². The van der Waals surface area contributed by atoms with Gasteiger partial charge in [-0.25, -0.2) is 0 Å². The van der Waals surface area contributed by atoms with Crippen LogP contribution in [0.15, 0.2) is 8.83 Å². The van der Waals surface area contributed by atoms with Gasteiger partial charge in [0.2, 0.25) is 0 Å². The molecule has 2 heterocycles. The number of aryl methyl sites for hydroxylation is 4. The van der Waals surface area contributed by atoms with E-state index in [1.54, 1.807) is 0 Å².